The fourth-order valence-electron chi connectivity index (χ4n) is 1.78. The van der Waals surface area contributed by atoms with Crippen LogP contribution in [0.3, 0.4) is 0 Å². The zero-order valence-electron chi connectivity index (χ0n) is 8.74. The zero-order valence-corrected chi connectivity index (χ0v) is 8.74. The average Bonchev–Trinajstić information content (AvgIpc) is 1.94. The largest absolute Gasteiger partial charge is 0.624 e. The van der Waals surface area contributed by atoms with Gasteiger partial charge in [0.05, 0.1) is 0 Å². The first-order chi connectivity index (χ1) is 6.32. The number of hydroxylamine groups is 1. The van der Waals surface area contributed by atoms with Crippen LogP contribution < -0.4 is 0 Å². The number of hydrogen-bond acceptors (Lipinski definition) is 3. The minimum absolute atomic E-state index is 0.144. The molecule has 0 aromatic carbocycles. The molecule has 78 valence electrons. The second-order valence-corrected chi connectivity index (χ2v) is 4.62. The van der Waals surface area contributed by atoms with E-state index in [1.54, 1.807) is 0 Å². The van der Waals surface area contributed by atoms with E-state index in [-0.39, 0.29) is 17.0 Å². The Morgan fingerprint density at radius 3 is 2.14 bits per heavy atom. The van der Waals surface area contributed by atoms with Crippen LogP contribution in [0.4, 0.5) is 0 Å². The van der Waals surface area contributed by atoms with E-state index < -0.39 is 5.92 Å². The molecule has 4 nitrogen and oxygen atoms in total. The highest BCUT2D eigenvalue weighted by Gasteiger charge is 2.40. The van der Waals surface area contributed by atoms with Gasteiger partial charge in [-0.25, -0.2) is 4.74 Å². The minimum Gasteiger partial charge on any atom is -0.624 e. The lowest BCUT2D eigenvalue weighted by atomic mass is 9.72. The first kappa shape index (κ1) is 10.9. The third-order valence-electron chi connectivity index (χ3n) is 2.36. The molecule has 0 N–H and O–H groups in total. The van der Waals surface area contributed by atoms with E-state index in [4.69, 9.17) is 0 Å². The summed E-state index contributed by atoms with van der Waals surface area (Å²) in [7, 11) is 1.28. The van der Waals surface area contributed by atoms with Crippen LogP contribution in [-0.2, 0) is 9.59 Å². The standard InChI is InChI=1S/C10H15NO3/c1-10(2)4-8(12)7(6-11(3)14)9(13)5-10/h6-7H,4-5H2,1-3H3. The molecule has 0 aromatic heterocycles. The lowest BCUT2D eigenvalue weighted by Crippen LogP contribution is -2.39. The predicted molar refractivity (Wildman–Crippen MR) is 52.1 cm³/mol. The summed E-state index contributed by atoms with van der Waals surface area (Å²) in [6, 6.07) is 0. The van der Waals surface area contributed by atoms with Gasteiger partial charge in [-0.05, 0) is 5.41 Å². The van der Waals surface area contributed by atoms with E-state index in [9.17, 15) is 14.8 Å². The molecule has 0 radical (unpaired) electrons. The van der Waals surface area contributed by atoms with Crippen LogP contribution in [0.1, 0.15) is 26.7 Å². The molecule has 0 unspecified atom stereocenters. The quantitative estimate of drug-likeness (QED) is 0.205. The Morgan fingerprint density at radius 1 is 1.36 bits per heavy atom. The molecule has 0 spiro atoms. The van der Waals surface area contributed by atoms with Crippen molar-refractivity contribution in [1.82, 2.24) is 0 Å². The number of rotatable bonds is 1. The molecule has 14 heavy (non-hydrogen) atoms. The summed E-state index contributed by atoms with van der Waals surface area (Å²) >= 11 is 0. The summed E-state index contributed by atoms with van der Waals surface area (Å²) in [5.41, 5.74) is -0.250. The van der Waals surface area contributed by atoms with Gasteiger partial charge in [0.25, 0.3) is 0 Å². The predicted octanol–water partition coefficient (Wildman–Crippen LogP) is 0.772. The summed E-state index contributed by atoms with van der Waals surface area (Å²) in [6.45, 7) is 3.78. The first-order valence-electron chi connectivity index (χ1n) is 4.62. The van der Waals surface area contributed by atoms with Crippen LogP contribution in [0.5, 0.6) is 0 Å². The Bertz CT molecular complexity index is 280. The Morgan fingerprint density at radius 2 is 1.79 bits per heavy atom. The molecule has 0 aliphatic heterocycles. The maximum absolute atomic E-state index is 11.5. The van der Waals surface area contributed by atoms with Crippen molar-refractivity contribution in [1.29, 1.82) is 0 Å². The third kappa shape index (κ3) is 2.40. The molecule has 1 aliphatic carbocycles. The van der Waals surface area contributed by atoms with Crippen molar-refractivity contribution in [3.63, 3.8) is 0 Å². The average molecular weight is 197 g/mol. The zero-order chi connectivity index (χ0) is 10.9. The molecular weight excluding hydrogens is 182 g/mol. The van der Waals surface area contributed by atoms with Crippen molar-refractivity contribution in [2.45, 2.75) is 26.7 Å². The van der Waals surface area contributed by atoms with E-state index in [0.717, 1.165) is 6.21 Å². The van der Waals surface area contributed by atoms with Gasteiger partial charge in [-0.2, -0.15) is 0 Å². The van der Waals surface area contributed by atoms with Crippen LogP contribution >= 0.6 is 0 Å². The topological polar surface area (TPSA) is 60.2 Å². The monoisotopic (exact) mass is 197 g/mol. The van der Waals surface area contributed by atoms with Crippen LogP contribution in [0, 0.1) is 16.5 Å². The highest BCUT2D eigenvalue weighted by atomic mass is 16.5. The molecule has 0 amide bonds. The maximum Gasteiger partial charge on any atom is 0.168 e. The van der Waals surface area contributed by atoms with Gasteiger partial charge in [0.1, 0.15) is 7.05 Å². The normalized spacial score (nSPS) is 24.1. The second kappa shape index (κ2) is 3.52. The molecular formula is C10H15NO3. The lowest BCUT2D eigenvalue weighted by Gasteiger charge is -2.29. The molecule has 1 rings (SSSR count). The lowest BCUT2D eigenvalue weighted by molar-refractivity contribution is -0.419. The fourth-order valence-corrected chi connectivity index (χ4v) is 1.78. The van der Waals surface area contributed by atoms with Crippen molar-refractivity contribution in [3.05, 3.63) is 5.21 Å². The SMILES string of the molecule is C[N+]([O-])=CC1C(=O)CC(C)(C)CC1=O. The molecule has 0 atom stereocenters. The molecule has 1 fully saturated rings. The molecule has 4 heteroatoms. The Labute approximate surface area is 83.2 Å². The van der Waals surface area contributed by atoms with Gasteiger partial charge in [-0.15, -0.1) is 0 Å². The van der Waals surface area contributed by atoms with Crippen LogP contribution in [0.2, 0.25) is 0 Å². The highest BCUT2D eigenvalue weighted by Crippen LogP contribution is 2.33. The van der Waals surface area contributed by atoms with Gasteiger partial charge in [0, 0.05) is 12.8 Å². The molecule has 0 aromatic rings. The van der Waals surface area contributed by atoms with Gasteiger partial charge < -0.3 is 5.21 Å². The van der Waals surface area contributed by atoms with Crippen molar-refractivity contribution in [2.24, 2.45) is 11.3 Å². The Balaban J connectivity index is 2.87. The summed E-state index contributed by atoms with van der Waals surface area (Å²) in [5.74, 6) is -1.10. The second-order valence-electron chi connectivity index (χ2n) is 4.62. The summed E-state index contributed by atoms with van der Waals surface area (Å²) < 4.78 is 0.527. The molecule has 0 bridgehead atoms. The third-order valence-corrected chi connectivity index (χ3v) is 2.36. The van der Waals surface area contributed by atoms with E-state index in [2.05, 4.69) is 0 Å². The van der Waals surface area contributed by atoms with E-state index in [1.807, 2.05) is 13.8 Å². The Kier molecular flexibility index (Phi) is 2.73. The van der Waals surface area contributed by atoms with Crippen molar-refractivity contribution >= 4 is 17.8 Å². The Hall–Kier alpha value is -1.19. The number of carbonyl (C=O) groups is 2. The summed E-state index contributed by atoms with van der Waals surface area (Å²) in [5, 5.41) is 10.7. The van der Waals surface area contributed by atoms with Gasteiger partial charge in [0.15, 0.2) is 23.7 Å². The summed E-state index contributed by atoms with van der Waals surface area (Å²) in [6.07, 6.45) is 1.89. The van der Waals surface area contributed by atoms with Gasteiger partial charge in [-0.3, -0.25) is 9.59 Å². The fraction of sp³-hybridized carbons (Fsp3) is 0.700. The van der Waals surface area contributed by atoms with Crippen LogP contribution in [-0.4, -0.2) is 29.6 Å². The molecule has 0 heterocycles. The van der Waals surface area contributed by atoms with Crippen LogP contribution in [0.25, 0.3) is 0 Å². The first-order valence-corrected chi connectivity index (χ1v) is 4.62. The van der Waals surface area contributed by atoms with Gasteiger partial charge >= 0.3 is 0 Å². The smallest absolute Gasteiger partial charge is 0.168 e. The number of hydrogen-bond donors (Lipinski definition) is 0. The van der Waals surface area contributed by atoms with Crippen molar-refractivity contribution in [3.8, 4) is 0 Å². The molecule has 0 saturated heterocycles. The van der Waals surface area contributed by atoms with Gasteiger partial charge in [0.2, 0.25) is 0 Å². The minimum atomic E-state index is -0.814. The van der Waals surface area contributed by atoms with Gasteiger partial charge in [-0.1, -0.05) is 13.8 Å². The molecule has 1 aliphatic rings. The van der Waals surface area contributed by atoms with Crippen molar-refractivity contribution < 1.29 is 14.3 Å². The maximum atomic E-state index is 11.5. The summed E-state index contributed by atoms with van der Waals surface area (Å²) in [4.78, 5) is 23.1. The van der Waals surface area contributed by atoms with E-state index in [1.165, 1.54) is 7.05 Å². The van der Waals surface area contributed by atoms with Crippen molar-refractivity contribution in [2.75, 3.05) is 7.05 Å². The number of Topliss-reactive ketones (excluding diaryl/α,β-unsaturated/α-hetero) is 2. The molecule has 1 saturated carbocycles. The van der Waals surface area contributed by atoms with E-state index in [0.29, 0.717) is 17.6 Å². The number of nitrogens with zero attached hydrogens (tertiary/aromatic N) is 1. The van der Waals surface area contributed by atoms with E-state index >= 15 is 0 Å². The number of ketones is 2. The number of carbonyl (C=O) groups excluding carboxylic acids is 2. The highest BCUT2D eigenvalue weighted by molar-refractivity contribution is 6.15. The van der Waals surface area contributed by atoms with Crippen LogP contribution in [0.15, 0.2) is 0 Å².